The third kappa shape index (κ3) is 118. The Morgan fingerprint density at radius 2 is 1.38 bits per heavy atom. The van der Waals surface area contributed by atoms with Crippen molar-refractivity contribution in [3.8, 4) is 0 Å². The van der Waals surface area contributed by atoms with E-state index in [0.717, 1.165) is 6.92 Å². The molecule has 0 rings (SSSR count). The molecule has 8 heavy (non-hydrogen) atoms. The summed E-state index contributed by atoms with van der Waals surface area (Å²) in [4.78, 5) is 8.89. The number of carbonyl (C=O) groups is 1. The van der Waals surface area contributed by atoms with E-state index in [-0.39, 0.29) is 59.1 Å². The van der Waals surface area contributed by atoms with Crippen LogP contribution in [0.2, 0.25) is 0 Å². The summed E-state index contributed by atoms with van der Waals surface area (Å²) in [6, 6.07) is 0. The van der Waals surface area contributed by atoms with Crippen molar-refractivity contribution in [2.24, 2.45) is 0 Å². The molecule has 6 heteroatoms. The second-order valence-corrected chi connectivity index (χ2v) is 0.492. The van der Waals surface area contributed by atoms with Crippen molar-refractivity contribution in [2.75, 3.05) is 0 Å². The molecule has 38 valence electrons. The molecule has 0 unspecified atom stereocenters. The first-order valence-corrected chi connectivity index (χ1v) is 1.37. The summed E-state index contributed by atoms with van der Waals surface area (Å²) in [7, 11) is 0. The molecule has 0 aliphatic heterocycles. The summed E-state index contributed by atoms with van der Waals surface area (Å²) in [5.41, 5.74) is 0. The van der Waals surface area contributed by atoms with Crippen molar-refractivity contribution >= 4 is 17.8 Å². The van der Waals surface area contributed by atoms with Gasteiger partial charge in [-0.15, -0.1) is 0 Å². The van der Waals surface area contributed by atoms with Gasteiger partial charge in [0.1, 0.15) is 0 Å². The van der Waals surface area contributed by atoms with Gasteiger partial charge >= 0.3 is 59.1 Å². The maximum Gasteiger partial charge on any atom is 1.00 e. The third-order valence-electron chi connectivity index (χ3n) is 0. The van der Waals surface area contributed by atoms with E-state index in [1.807, 2.05) is 0 Å². The third-order valence-corrected chi connectivity index (χ3v) is 0. The topological polar surface area (TPSA) is 63.2 Å². The van der Waals surface area contributed by atoms with Crippen LogP contribution in [0.25, 0.3) is 0 Å². The fourth-order valence-corrected chi connectivity index (χ4v) is 0. The summed E-state index contributed by atoms with van der Waals surface area (Å²) in [6.45, 7) is 0.972. The van der Waals surface area contributed by atoms with Gasteiger partial charge in [0, 0.05) is 5.97 Å². The zero-order valence-corrected chi connectivity index (χ0v) is 9.86. The SMILES string of the molecule is CC(=O)[O-].[Na+].[Na+].[O-]Cl. The molecule has 0 fully saturated rings. The van der Waals surface area contributed by atoms with Crippen LogP contribution in [-0.2, 0) is 4.79 Å². The Morgan fingerprint density at radius 1 is 1.38 bits per heavy atom. The Kier molecular flexibility index (Phi) is 65.9. The van der Waals surface area contributed by atoms with Crippen LogP contribution < -0.4 is 68.9 Å². The Bertz CT molecular complexity index is 38.3. The largest absolute Gasteiger partial charge is 1.00 e. The maximum absolute atomic E-state index is 8.89. The normalized spacial score (nSPS) is 3.88. The molecule has 0 saturated heterocycles. The first-order chi connectivity index (χ1) is 2.73. The molecule has 0 N–H and O–H groups in total. The van der Waals surface area contributed by atoms with Gasteiger partial charge < -0.3 is 14.6 Å². The minimum atomic E-state index is -1.08. The van der Waals surface area contributed by atoms with E-state index < -0.39 is 5.97 Å². The summed E-state index contributed by atoms with van der Waals surface area (Å²) >= 11 is 3.39. The first-order valence-electron chi connectivity index (χ1n) is 1.06. The summed E-state index contributed by atoms with van der Waals surface area (Å²) in [5, 5.41) is 8.89. The van der Waals surface area contributed by atoms with Crippen molar-refractivity contribution in [1.82, 2.24) is 0 Å². The molecular weight excluding hydrogens is 153 g/mol. The van der Waals surface area contributed by atoms with Gasteiger partial charge in [-0.3, -0.25) is 0 Å². The van der Waals surface area contributed by atoms with Crippen LogP contribution in [0, 0.1) is 0 Å². The predicted molar refractivity (Wildman–Crippen MR) is 16.5 cm³/mol. The van der Waals surface area contributed by atoms with Gasteiger partial charge in [-0.05, 0) is 6.92 Å². The number of rotatable bonds is 0. The molecule has 0 aromatic heterocycles. The second-order valence-electron chi connectivity index (χ2n) is 0.492. The van der Waals surface area contributed by atoms with Crippen LogP contribution >= 0.6 is 11.9 Å². The molecule has 3 nitrogen and oxygen atoms in total. The van der Waals surface area contributed by atoms with Gasteiger partial charge in [0.25, 0.3) is 0 Å². The van der Waals surface area contributed by atoms with Crippen LogP contribution in [0.15, 0.2) is 0 Å². The number of halogens is 1. The smallest absolute Gasteiger partial charge is 0.769 e. The Hall–Kier alpha value is 1.72. The van der Waals surface area contributed by atoms with Crippen molar-refractivity contribution < 1.29 is 73.7 Å². The summed E-state index contributed by atoms with van der Waals surface area (Å²) < 4.78 is 7.72. The number of carbonyl (C=O) groups excluding carboxylic acids is 1. The minimum Gasteiger partial charge on any atom is -0.769 e. The van der Waals surface area contributed by atoms with E-state index in [1.54, 1.807) is 0 Å². The van der Waals surface area contributed by atoms with Gasteiger partial charge in [0.2, 0.25) is 0 Å². The molecule has 0 atom stereocenters. The number of carboxylic acids is 1. The molecule has 0 aromatic rings. The Balaban J connectivity index is -0.0000000183. The Labute approximate surface area is 97.2 Å². The van der Waals surface area contributed by atoms with Crippen LogP contribution in [0.1, 0.15) is 6.92 Å². The van der Waals surface area contributed by atoms with Gasteiger partial charge in [-0.2, -0.15) is 0 Å². The van der Waals surface area contributed by atoms with Crippen LogP contribution in [0.3, 0.4) is 0 Å². The molecule has 0 amide bonds. The van der Waals surface area contributed by atoms with Gasteiger partial charge in [0.05, 0.1) is 0 Å². The monoisotopic (exact) mass is 156 g/mol. The van der Waals surface area contributed by atoms with E-state index in [9.17, 15) is 0 Å². The zero-order valence-electron chi connectivity index (χ0n) is 5.10. The van der Waals surface area contributed by atoms with E-state index in [0.29, 0.717) is 0 Å². The summed E-state index contributed by atoms with van der Waals surface area (Å²) in [6.07, 6.45) is 0. The molecule has 0 aromatic carbocycles. The average molecular weight is 156 g/mol. The summed E-state index contributed by atoms with van der Waals surface area (Å²) in [5.74, 6) is -1.08. The zero-order chi connectivity index (χ0) is 5.58. The van der Waals surface area contributed by atoms with Crippen LogP contribution in [0.5, 0.6) is 0 Å². The fourth-order valence-electron chi connectivity index (χ4n) is 0. The average Bonchev–Trinajstić information content (AvgIpc) is 1.41. The molecule has 0 saturated carbocycles. The van der Waals surface area contributed by atoms with Gasteiger partial charge in [0.15, 0.2) is 0 Å². The first kappa shape index (κ1) is 22.6. The predicted octanol–water partition coefficient (Wildman–Crippen LogP) is -7.74. The number of hydrogen-bond donors (Lipinski definition) is 0. The van der Waals surface area contributed by atoms with E-state index >= 15 is 0 Å². The minimum absolute atomic E-state index is 0. The molecule has 0 aliphatic carbocycles. The van der Waals surface area contributed by atoms with Gasteiger partial charge in [-0.25, -0.2) is 11.9 Å². The molecule has 0 bridgehead atoms. The number of carboxylic acid groups (broad SMARTS) is 1. The molecule has 0 heterocycles. The van der Waals surface area contributed by atoms with Crippen molar-refractivity contribution in [1.29, 1.82) is 0 Å². The van der Waals surface area contributed by atoms with Crippen LogP contribution in [-0.4, -0.2) is 5.97 Å². The van der Waals surface area contributed by atoms with Crippen molar-refractivity contribution in [3.63, 3.8) is 0 Å². The molecule has 0 radical (unpaired) electrons. The molecule has 0 aliphatic rings. The quantitative estimate of drug-likeness (QED) is 0.327. The van der Waals surface area contributed by atoms with Crippen molar-refractivity contribution in [3.05, 3.63) is 0 Å². The van der Waals surface area contributed by atoms with E-state index in [2.05, 4.69) is 11.9 Å². The standard InChI is InChI=1S/C2H4O2.ClO.2Na/c1-2(3)4;1-2;;/h1H3,(H,3,4);;;/q;-1;2*+1/p-1. The number of hydrogen-bond acceptors (Lipinski definition) is 3. The van der Waals surface area contributed by atoms with E-state index in [4.69, 9.17) is 14.6 Å². The van der Waals surface area contributed by atoms with Crippen LogP contribution in [0.4, 0.5) is 0 Å². The molecule has 0 spiro atoms. The second kappa shape index (κ2) is 23.3. The fraction of sp³-hybridized carbons (Fsp3) is 0.500. The van der Waals surface area contributed by atoms with Gasteiger partial charge in [-0.1, -0.05) is 0 Å². The van der Waals surface area contributed by atoms with E-state index in [1.165, 1.54) is 0 Å². The Morgan fingerprint density at radius 3 is 1.38 bits per heavy atom. The maximum atomic E-state index is 8.89. The van der Waals surface area contributed by atoms with Crippen molar-refractivity contribution in [2.45, 2.75) is 6.92 Å². The molecular formula is C2H3ClNa2O3. The number of aliphatic carboxylic acids is 1.